The monoisotopic (exact) mass is 110 g/mol. The van der Waals surface area contributed by atoms with Gasteiger partial charge in [-0.2, -0.15) is 0 Å². The van der Waals surface area contributed by atoms with Gasteiger partial charge in [0.05, 0.1) is 0 Å². The summed E-state index contributed by atoms with van der Waals surface area (Å²) in [7, 11) is 0. The van der Waals surface area contributed by atoms with E-state index < -0.39 is 0 Å². The first-order chi connectivity index (χ1) is 3.89. The van der Waals surface area contributed by atoms with E-state index in [9.17, 15) is 0 Å². The highest BCUT2D eigenvalue weighted by Gasteiger charge is 2.00. The highest BCUT2D eigenvalue weighted by atomic mass is 14.1. The zero-order valence-electron chi connectivity index (χ0n) is 5.56. The van der Waals surface area contributed by atoms with Crippen molar-refractivity contribution in [1.82, 2.24) is 0 Å². The van der Waals surface area contributed by atoms with Gasteiger partial charge >= 0.3 is 0 Å². The van der Waals surface area contributed by atoms with Crippen molar-refractivity contribution in [3.05, 3.63) is 12.2 Å². The Morgan fingerprint density at radius 3 is 3.12 bits per heavy atom. The summed E-state index contributed by atoms with van der Waals surface area (Å²) < 4.78 is 0. The molecule has 0 aliphatic heterocycles. The third kappa shape index (κ3) is 1.69. The molecular weight excluding hydrogens is 96.1 g/mol. The zero-order chi connectivity index (χ0) is 5.82. The molecule has 0 nitrogen and oxygen atoms in total. The molecule has 0 saturated carbocycles. The van der Waals surface area contributed by atoms with E-state index in [0.717, 1.165) is 5.92 Å². The Balaban J connectivity index is 2.30. The van der Waals surface area contributed by atoms with Gasteiger partial charge < -0.3 is 0 Å². The minimum atomic E-state index is 0.939. The van der Waals surface area contributed by atoms with Crippen molar-refractivity contribution in [3.8, 4) is 0 Å². The number of allylic oxidation sites excluding steroid dienone is 2. The van der Waals surface area contributed by atoms with E-state index in [2.05, 4.69) is 19.1 Å². The molecule has 8 heavy (non-hydrogen) atoms. The zero-order valence-corrected chi connectivity index (χ0v) is 5.56. The van der Waals surface area contributed by atoms with Gasteiger partial charge in [0.2, 0.25) is 0 Å². The van der Waals surface area contributed by atoms with Gasteiger partial charge in [-0.15, -0.1) is 0 Å². The largest absolute Gasteiger partial charge is 0.0885 e. The number of rotatable bonds is 0. The molecule has 1 aliphatic rings. The number of hydrogen-bond donors (Lipinski definition) is 0. The SMILES string of the molecule is CC1CC=CCCC1. The van der Waals surface area contributed by atoms with Crippen LogP contribution in [0.4, 0.5) is 0 Å². The molecule has 0 saturated heterocycles. The van der Waals surface area contributed by atoms with Crippen LogP contribution in [0.2, 0.25) is 0 Å². The maximum Gasteiger partial charge on any atom is -0.0325 e. The highest BCUT2D eigenvalue weighted by Crippen LogP contribution is 2.16. The Morgan fingerprint density at radius 1 is 1.38 bits per heavy atom. The molecule has 0 aromatic carbocycles. The van der Waals surface area contributed by atoms with Crippen molar-refractivity contribution in [2.24, 2.45) is 5.92 Å². The van der Waals surface area contributed by atoms with Gasteiger partial charge in [0.15, 0.2) is 0 Å². The van der Waals surface area contributed by atoms with E-state index in [1.165, 1.54) is 25.7 Å². The highest BCUT2D eigenvalue weighted by molar-refractivity contribution is 4.86. The predicted octanol–water partition coefficient (Wildman–Crippen LogP) is 2.75. The van der Waals surface area contributed by atoms with E-state index in [1.807, 2.05) is 0 Å². The molecule has 1 rings (SSSR count). The summed E-state index contributed by atoms with van der Waals surface area (Å²) >= 11 is 0. The molecule has 1 unspecified atom stereocenters. The summed E-state index contributed by atoms with van der Waals surface area (Å²) in [5, 5.41) is 0. The van der Waals surface area contributed by atoms with Crippen LogP contribution in [0, 0.1) is 5.92 Å². The van der Waals surface area contributed by atoms with Crippen LogP contribution < -0.4 is 0 Å². The van der Waals surface area contributed by atoms with Crippen molar-refractivity contribution in [1.29, 1.82) is 0 Å². The molecule has 46 valence electrons. The molecule has 0 aromatic heterocycles. The fourth-order valence-electron chi connectivity index (χ4n) is 1.15. The standard InChI is InChI=1S/C8H14/c1-8-6-4-2-3-5-7-8/h2,4,8H,3,5-7H2,1H3. The van der Waals surface area contributed by atoms with Crippen LogP contribution >= 0.6 is 0 Å². The van der Waals surface area contributed by atoms with E-state index in [4.69, 9.17) is 0 Å². The minimum Gasteiger partial charge on any atom is -0.0885 e. The van der Waals surface area contributed by atoms with Crippen molar-refractivity contribution in [2.45, 2.75) is 32.6 Å². The summed E-state index contributed by atoms with van der Waals surface area (Å²) in [6, 6.07) is 0. The van der Waals surface area contributed by atoms with E-state index in [1.54, 1.807) is 0 Å². The van der Waals surface area contributed by atoms with Gasteiger partial charge in [-0.3, -0.25) is 0 Å². The molecule has 1 atom stereocenters. The van der Waals surface area contributed by atoms with Crippen molar-refractivity contribution in [3.63, 3.8) is 0 Å². The Labute approximate surface area is 51.6 Å². The van der Waals surface area contributed by atoms with Gasteiger partial charge in [-0.25, -0.2) is 0 Å². The van der Waals surface area contributed by atoms with Gasteiger partial charge in [-0.1, -0.05) is 25.5 Å². The number of hydrogen-bond acceptors (Lipinski definition) is 0. The van der Waals surface area contributed by atoms with Gasteiger partial charge in [0.1, 0.15) is 0 Å². The molecular formula is C8H14. The normalized spacial score (nSPS) is 29.9. The third-order valence-electron chi connectivity index (χ3n) is 1.77. The van der Waals surface area contributed by atoms with E-state index in [0.29, 0.717) is 0 Å². The molecule has 0 fully saturated rings. The Morgan fingerprint density at radius 2 is 2.25 bits per heavy atom. The smallest absolute Gasteiger partial charge is 0.0325 e. The quantitative estimate of drug-likeness (QED) is 0.420. The topological polar surface area (TPSA) is 0 Å². The maximum absolute atomic E-state index is 2.33. The van der Waals surface area contributed by atoms with Crippen LogP contribution in [0.15, 0.2) is 12.2 Å². The minimum absolute atomic E-state index is 0.939. The van der Waals surface area contributed by atoms with Crippen LogP contribution in [-0.2, 0) is 0 Å². The van der Waals surface area contributed by atoms with Crippen molar-refractivity contribution < 1.29 is 0 Å². The summed E-state index contributed by atoms with van der Waals surface area (Å²) in [6.07, 6.45) is 10.1. The Kier molecular flexibility index (Phi) is 2.13. The molecule has 1 aliphatic carbocycles. The summed E-state index contributed by atoms with van der Waals surface area (Å²) in [4.78, 5) is 0. The van der Waals surface area contributed by atoms with E-state index >= 15 is 0 Å². The lowest BCUT2D eigenvalue weighted by Gasteiger charge is -2.01. The van der Waals surface area contributed by atoms with Crippen molar-refractivity contribution in [2.75, 3.05) is 0 Å². The lowest BCUT2D eigenvalue weighted by atomic mass is 10.0. The van der Waals surface area contributed by atoms with Crippen LogP contribution in [0.25, 0.3) is 0 Å². The first kappa shape index (κ1) is 5.87. The Hall–Kier alpha value is -0.260. The molecule has 0 spiro atoms. The van der Waals surface area contributed by atoms with Crippen LogP contribution in [0.5, 0.6) is 0 Å². The summed E-state index contributed by atoms with van der Waals surface area (Å²) in [5.74, 6) is 0.939. The average molecular weight is 110 g/mol. The van der Waals surface area contributed by atoms with Crippen molar-refractivity contribution >= 4 is 0 Å². The third-order valence-corrected chi connectivity index (χ3v) is 1.77. The molecule has 0 bridgehead atoms. The second-order valence-electron chi connectivity index (χ2n) is 2.74. The average Bonchev–Trinajstić information content (AvgIpc) is 1.94. The molecule has 0 aromatic rings. The molecule has 0 heterocycles. The Bertz CT molecular complexity index is 82.0. The second kappa shape index (κ2) is 2.91. The van der Waals surface area contributed by atoms with E-state index in [-0.39, 0.29) is 0 Å². The fraction of sp³-hybridized carbons (Fsp3) is 0.750. The lowest BCUT2D eigenvalue weighted by Crippen LogP contribution is -1.88. The molecule has 0 radical (unpaired) electrons. The van der Waals surface area contributed by atoms with Crippen LogP contribution in [0.3, 0.4) is 0 Å². The van der Waals surface area contributed by atoms with Gasteiger partial charge in [-0.05, 0) is 25.2 Å². The lowest BCUT2D eigenvalue weighted by molar-refractivity contribution is 0.532. The fourth-order valence-corrected chi connectivity index (χ4v) is 1.15. The van der Waals surface area contributed by atoms with Gasteiger partial charge in [0, 0.05) is 0 Å². The first-order valence-corrected chi connectivity index (χ1v) is 3.54. The second-order valence-corrected chi connectivity index (χ2v) is 2.74. The summed E-state index contributed by atoms with van der Waals surface area (Å²) in [6.45, 7) is 2.33. The first-order valence-electron chi connectivity index (χ1n) is 3.54. The molecule has 0 heteroatoms. The summed E-state index contributed by atoms with van der Waals surface area (Å²) in [5.41, 5.74) is 0. The molecule has 0 N–H and O–H groups in total. The van der Waals surface area contributed by atoms with Gasteiger partial charge in [0.25, 0.3) is 0 Å². The molecule has 0 amide bonds. The van der Waals surface area contributed by atoms with Crippen LogP contribution in [0.1, 0.15) is 32.6 Å². The predicted molar refractivity (Wildman–Crippen MR) is 36.8 cm³/mol. The maximum atomic E-state index is 2.33. The van der Waals surface area contributed by atoms with Crippen LogP contribution in [-0.4, -0.2) is 0 Å².